The van der Waals surface area contributed by atoms with E-state index >= 15 is 0 Å². The first kappa shape index (κ1) is 24.1. The average Bonchev–Trinajstić information content (AvgIpc) is 3.31. The van der Waals surface area contributed by atoms with Gasteiger partial charge in [0.25, 0.3) is 0 Å². The van der Waals surface area contributed by atoms with E-state index in [4.69, 9.17) is 4.74 Å². The van der Waals surface area contributed by atoms with Crippen LogP contribution in [0.25, 0.3) is 11.1 Å². The van der Waals surface area contributed by atoms with Crippen LogP contribution in [0.15, 0.2) is 36.8 Å². The molecule has 0 radical (unpaired) electrons. The number of halogens is 3. The zero-order chi connectivity index (χ0) is 25.6. The first-order chi connectivity index (χ1) is 17.2. The van der Waals surface area contributed by atoms with Gasteiger partial charge in [-0.3, -0.25) is 4.79 Å². The highest BCUT2D eigenvalue weighted by molar-refractivity contribution is 5.84. The Morgan fingerprint density at radius 3 is 2.69 bits per heavy atom. The second kappa shape index (κ2) is 9.11. The number of amides is 1. The molecule has 36 heavy (non-hydrogen) atoms. The van der Waals surface area contributed by atoms with Gasteiger partial charge in [0.1, 0.15) is 11.6 Å². The van der Waals surface area contributed by atoms with Crippen molar-refractivity contribution in [2.75, 3.05) is 25.5 Å². The molecule has 1 amide bonds. The van der Waals surface area contributed by atoms with Gasteiger partial charge >= 0.3 is 6.55 Å². The summed E-state index contributed by atoms with van der Waals surface area (Å²) in [5.41, 5.74) is 2.20. The van der Waals surface area contributed by atoms with Gasteiger partial charge in [-0.05, 0) is 38.8 Å². The van der Waals surface area contributed by atoms with E-state index in [0.29, 0.717) is 34.8 Å². The van der Waals surface area contributed by atoms with Crippen LogP contribution >= 0.6 is 0 Å². The molecule has 1 N–H and O–H groups in total. The largest absolute Gasteiger partial charge is 0.481 e. The number of aryl methyl sites for hydroxylation is 1. The van der Waals surface area contributed by atoms with E-state index in [2.05, 4.69) is 20.4 Å². The van der Waals surface area contributed by atoms with Crippen molar-refractivity contribution in [1.29, 1.82) is 0 Å². The molecule has 8 nitrogen and oxygen atoms in total. The van der Waals surface area contributed by atoms with Crippen molar-refractivity contribution in [3.8, 4) is 17.0 Å². The molecule has 2 aliphatic rings. The van der Waals surface area contributed by atoms with Crippen LogP contribution in [0, 0.1) is 18.2 Å². The van der Waals surface area contributed by atoms with Crippen LogP contribution in [0.3, 0.4) is 0 Å². The summed E-state index contributed by atoms with van der Waals surface area (Å²) in [5.74, 6) is -0.442. The minimum absolute atomic E-state index is 0.00445. The number of nitrogens with one attached hydrogen (secondary N) is 1. The number of methoxy groups -OCH3 is 1. The number of aromatic nitrogens is 4. The molecule has 3 aromatic rings. The maximum atomic E-state index is 14.4. The van der Waals surface area contributed by atoms with Gasteiger partial charge in [0, 0.05) is 53.2 Å². The number of ether oxygens (including phenoxy) is 1. The Morgan fingerprint density at radius 2 is 2.06 bits per heavy atom. The molecule has 1 saturated carbocycles. The van der Waals surface area contributed by atoms with Crippen LogP contribution in [-0.2, 0) is 4.79 Å². The fourth-order valence-electron chi connectivity index (χ4n) is 5.00. The van der Waals surface area contributed by atoms with Crippen molar-refractivity contribution >= 4 is 11.7 Å². The lowest BCUT2D eigenvalue weighted by Crippen LogP contribution is -2.34. The quantitative estimate of drug-likeness (QED) is 0.518. The Hall–Kier alpha value is -3.63. The Balaban J connectivity index is 1.30. The molecular weight excluding hydrogens is 473 g/mol. The summed E-state index contributed by atoms with van der Waals surface area (Å²) in [6.07, 6.45) is 5.74. The van der Waals surface area contributed by atoms with E-state index < -0.39 is 18.3 Å². The first-order valence-electron chi connectivity index (χ1n) is 11.8. The summed E-state index contributed by atoms with van der Waals surface area (Å²) >= 11 is 0. The number of nitrogens with zero attached hydrogens (tertiary/aromatic N) is 5. The number of carbonyl (C=O) groups is 1. The Kier molecular flexibility index (Phi) is 6.09. The molecule has 3 aromatic heterocycles. The van der Waals surface area contributed by atoms with E-state index in [0.717, 1.165) is 24.6 Å². The lowest BCUT2D eigenvalue weighted by molar-refractivity contribution is -0.131. The lowest BCUT2D eigenvalue weighted by Gasteiger charge is -2.22. The van der Waals surface area contributed by atoms with Crippen LogP contribution < -0.4 is 10.1 Å². The van der Waals surface area contributed by atoms with Gasteiger partial charge in [0.2, 0.25) is 11.8 Å². The van der Waals surface area contributed by atoms with Gasteiger partial charge in [-0.25, -0.2) is 19.0 Å². The molecule has 2 atom stereocenters. The number of pyridine rings is 2. The highest BCUT2D eigenvalue weighted by Gasteiger charge is 2.56. The van der Waals surface area contributed by atoms with Crippen molar-refractivity contribution in [2.45, 2.75) is 45.2 Å². The summed E-state index contributed by atoms with van der Waals surface area (Å²) in [6.45, 7) is 1.89. The van der Waals surface area contributed by atoms with Gasteiger partial charge in [-0.2, -0.15) is 13.9 Å². The third-order valence-corrected chi connectivity index (χ3v) is 7.28. The average molecular weight is 501 g/mol. The first-order valence-corrected chi connectivity index (χ1v) is 11.8. The lowest BCUT2D eigenvalue weighted by atomic mass is 10.00. The highest BCUT2D eigenvalue weighted by Crippen LogP contribution is 2.54. The maximum Gasteiger partial charge on any atom is 0.333 e. The Morgan fingerprint density at radius 1 is 1.28 bits per heavy atom. The van der Waals surface area contributed by atoms with Gasteiger partial charge in [-0.15, -0.1) is 0 Å². The van der Waals surface area contributed by atoms with E-state index in [9.17, 15) is 18.0 Å². The molecule has 1 aliphatic carbocycles. The van der Waals surface area contributed by atoms with Crippen LogP contribution in [0.1, 0.15) is 43.5 Å². The number of hydrogen-bond donors (Lipinski definition) is 1. The fourth-order valence-corrected chi connectivity index (χ4v) is 5.00. The van der Waals surface area contributed by atoms with Crippen molar-refractivity contribution < 1.29 is 22.7 Å². The molecule has 0 bridgehead atoms. The van der Waals surface area contributed by atoms with Gasteiger partial charge in [0.15, 0.2) is 0 Å². The van der Waals surface area contributed by atoms with Gasteiger partial charge < -0.3 is 15.0 Å². The predicted molar refractivity (Wildman–Crippen MR) is 126 cm³/mol. The number of alkyl halides is 2. The topological polar surface area (TPSA) is 85.2 Å². The van der Waals surface area contributed by atoms with Gasteiger partial charge in [0.05, 0.1) is 31.5 Å². The molecule has 0 aromatic carbocycles. The third kappa shape index (κ3) is 4.38. The van der Waals surface area contributed by atoms with Crippen molar-refractivity contribution in [1.82, 2.24) is 24.6 Å². The molecule has 1 spiro atoms. The number of hydrogen-bond acceptors (Lipinski definition) is 6. The van der Waals surface area contributed by atoms with E-state index in [-0.39, 0.29) is 28.8 Å². The van der Waals surface area contributed by atoms with Crippen LogP contribution in [0.2, 0.25) is 0 Å². The maximum absolute atomic E-state index is 14.4. The van der Waals surface area contributed by atoms with Gasteiger partial charge in [-0.1, -0.05) is 0 Å². The van der Waals surface area contributed by atoms with Crippen LogP contribution in [-0.4, -0.2) is 56.8 Å². The van der Waals surface area contributed by atoms with E-state index in [1.165, 1.54) is 25.6 Å². The monoisotopic (exact) mass is 500 g/mol. The summed E-state index contributed by atoms with van der Waals surface area (Å²) in [6, 6.07) is 5.11. The number of carbonyl (C=O) groups excluding carboxylic acids is 1. The molecule has 0 unspecified atom stereocenters. The number of anilines is 1. The normalized spacial score (nSPS) is 19.1. The van der Waals surface area contributed by atoms with Crippen LogP contribution in [0.5, 0.6) is 5.88 Å². The molecule has 2 fully saturated rings. The summed E-state index contributed by atoms with van der Waals surface area (Å²) in [7, 11) is 1.45. The zero-order valence-electron chi connectivity index (χ0n) is 20.2. The molecule has 190 valence electrons. The van der Waals surface area contributed by atoms with E-state index in [1.807, 2.05) is 19.1 Å². The highest BCUT2D eigenvalue weighted by atomic mass is 19.3. The summed E-state index contributed by atoms with van der Waals surface area (Å²) < 4.78 is 45.9. The number of rotatable bonds is 7. The zero-order valence-corrected chi connectivity index (χ0v) is 20.2. The Bertz CT molecular complexity index is 1290. The predicted octanol–water partition coefficient (Wildman–Crippen LogP) is 4.40. The molecule has 5 rings (SSSR count). The summed E-state index contributed by atoms with van der Waals surface area (Å²) in [4.78, 5) is 23.6. The second-order valence-corrected chi connectivity index (χ2v) is 9.56. The van der Waals surface area contributed by atoms with Crippen molar-refractivity contribution in [3.05, 3.63) is 53.9 Å². The molecule has 1 aliphatic heterocycles. The Labute approximate surface area is 206 Å². The minimum Gasteiger partial charge on any atom is -0.481 e. The van der Waals surface area contributed by atoms with Crippen molar-refractivity contribution in [2.24, 2.45) is 5.41 Å². The van der Waals surface area contributed by atoms with E-state index in [1.54, 1.807) is 11.8 Å². The smallest absolute Gasteiger partial charge is 0.333 e. The molecule has 1 saturated heterocycles. The molecular formula is C25H27F3N6O2. The van der Waals surface area contributed by atoms with Crippen molar-refractivity contribution in [3.63, 3.8) is 0 Å². The fraction of sp³-hybridized carbons (Fsp3) is 0.440. The molecule has 4 heterocycles. The number of likely N-dealkylation sites (tertiary alicyclic amines) is 1. The minimum atomic E-state index is -2.70. The standard InChI is InChI=1S/C25H27F3N6O2/c1-14(18-8-22(36-3)29-10-19(18)26)23(35)33-12-20(25(13-33)6-7-25)32-21-5-4-17(15(2)31-21)16-9-30-34(11-16)24(27)28/h4-5,8-11,14,20,24H,6-7,12-13H2,1-3H3,(H,31,32)/t14-,20-/m1/s1. The third-order valence-electron chi connectivity index (χ3n) is 7.28. The summed E-state index contributed by atoms with van der Waals surface area (Å²) in [5, 5.41) is 7.17. The second-order valence-electron chi connectivity index (χ2n) is 9.56. The van der Waals surface area contributed by atoms with Crippen LogP contribution in [0.4, 0.5) is 19.0 Å². The molecule has 11 heteroatoms. The SMILES string of the molecule is COc1cc([C@@H](C)C(=O)N2C[C@@H](Nc3ccc(-c4cnn(C(F)F)c4)c(C)n3)C3(CC3)C2)c(F)cn1.